The molecule has 1 rings (SSSR count). The number of nitrogens with one attached hydrogen (secondary N) is 1. The normalized spacial score (nSPS) is 20.5. The fraction of sp³-hybridized carbons (Fsp3) is 0.917. The summed E-state index contributed by atoms with van der Waals surface area (Å²) in [5.41, 5.74) is -0.819. The molecule has 100 valence electrons. The number of urea groups is 1. The molecular formula is C12H24N2O2S. The second kappa shape index (κ2) is 7.11. The molecule has 1 aliphatic rings. The maximum absolute atomic E-state index is 11.9. The van der Waals surface area contributed by atoms with E-state index in [-0.39, 0.29) is 6.03 Å². The van der Waals surface area contributed by atoms with E-state index in [9.17, 15) is 9.90 Å². The number of likely N-dealkylation sites (tertiary alicyclic amines) is 1. The van der Waals surface area contributed by atoms with Crippen LogP contribution in [0.2, 0.25) is 0 Å². The Balaban J connectivity index is 2.32. The average molecular weight is 260 g/mol. The highest BCUT2D eigenvalue weighted by Gasteiger charge is 2.22. The van der Waals surface area contributed by atoms with Gasteiger partial charge in [0, 0.05) is 25.4 Å². The van der Waals surface area contributed by atoms with Gasteiger partial charge in [-0.25, -0.2) is 4.79 Å². The molecule has 1 saturated heterocycles. The van der Waals surface area contributed by atoms with E-state index in [1.54, 1.807) is 18.7 Å². The van der Waals surface area contributed by atoms with Gasteiger partial charge in [-0.2, -0.15) is 11.8 Å². The van der Waals surface area contributed by atoms with Crippen LogP contribution in [-0.2, 0) is 0 Å². The Morgan fingerprint density at radius 2 is 1.94 bits per heavy atom. The third-order valence-electron chi connectivity index (χ3n) is 2.97. The zero-order valence-electron chi connectivity index (χ0n) is 10.9. The van der Waals surface area contributed by atoms with Crippen molar-refractivity contribution < 1.29 is 9.90 Å². The van der Waals surface area contributed by atoms with Crippen molar-refractivity contribution in [3.8, 4) is 0 Å². The molecule has 1 unspecified atom stereocenters. The second-order valence-corrected chi connectivity index (χ2v) is 5.86. The Kier molecular flexibility index (Phi) is 6.12. The van der Waals surface area contributed by atoms with Crippen LogP contribution in [0.4, 0.5) is 4.79 Å². The van der Waals surface area contributed by atoms with E-state index in [2.05, 4.69) is 5.32 Å². The highest BCUT2D eigenvalue weighted by molar-refractivity contribution is 7.98. The van der Waals surface area contributed by atoms with Gasteiger partial charge in [-0.3, -0.25) is 0 Å². The summed E-state index contributed by atoms with van der Waals surface area (Å²) in [5, 5.41) is 12.8. The fourth-order valence-electron chi connectivity index (χ4n) is 2.01. The quantitative estimate of drug-likeness (QED) is 0.808. The van der Waals surface area contributed by atoms with E-state index in [0.717, 1.165) is 25.9 Å². The van der Waals surface area contributed by atoms with Crippen LogP contribution >= 0.6 is 11.8 Å². The lowest BCUT2D eigenvalue weighted by atomic mass is 10.1. The topological polar surface area (TPSA) is 52.6 Å². The lowest BCUT2D eigenvalue weighted by Crippen LogP contribution is -2.47. The largest absolute Gasteiger partial charge is 0.387 e. The average Bonchev–Trinajstić information content (AvgIpc) is 2.54. The van der Waals surface area contributed by atoms with Crippen LogP contribution < -0.4 is 5.32 Å². The summed E-state index contributed by atoms with van der Waals surface area (Å²) in [7, 11) is 0. The maximum atomic E-state index is 11.9. The van der Waals surface area contributed by atoms with Gasteiger partial charge in [0.25, 0.3) is 0 Å². The van der Waals surface area contributed by atoms with Crippen molar-refractivity contribution in [3.63, 3.8) is 0 Å². The summed E-state index contributed by atoms with van der Waals surface area (Å²) in [6.07, 6.45) is 6.57. The molecule has 0 aromatic carbocycles. The summed E-state index contributed by atoms with van der Waals surface area (Å²) >= 11 is 1.58. The van der Waals surface area contributed by atoms with Crippen molar-refractivity contribution >= 4 is 17.8 Å². The van der Waals surface area contributed by atoms with E-state index >= 15 is 0 Å². The number of thioether (sulfide) groups is 1. The van der Waals surface area contributed by atoms with Crippen molar-refractivity contribution in [3.05, 3.63) is 0 Å². The molecule has 5 heteroatoms. The molecule has 0 bridgehead atoms. The van der Waals surface area contributed by atoms with Gasteiger partial charge in [0.2, 0.25) is 0 Å². The first-order valence-corrected chi connectivity index (χ1v) is 7.69. The van der Waals surface area contributed by atoms with Gasteiger partial charge in [-0.15, -0.1) is 0 Å². The molecule has 0 radical (unpaired) electrons. The zero-order valence-corrected chi connectivity index (χ0v) is 11.7. The molecule has 0 aliphatic carbocycles. The van der Waals surface area contributed by atoms with Gasteiger partial charge in [0.05, 0.1) is 5.60 Å². The lowest BCUT2D eigenvalue weighted by Gasteiger charge is -2.26. The molecule has 0 saturated carbocycles. The summed E-state index contributed by atoms with van der Waals surface area (Å²) in [6, 6.07) is -0.0340. The summed E-state index contributed by atoms with van der Waals surface area (Å²) < 4.78 is 0. The molecule has 17 heavy (non-hydrogen) atoms. The lowest BCUT2D eigenvalue weighted by molar-refractivity contribution is 0.0845. The van der Waals surface area contributed by atoms with Gasteiger partial charge in [0.1, 0.15) is 0 Å². The molecule has 1 aliphatic heterocycles. The SMILES string of the molecule is CSCC(C)(O)CNC(=O)N1CCCCCC1. The number of hydrogen-bond donors (Lipinski definition) is 2. The molecular weight excluding hydrogens is 236 g/mol. The molecule has 0 aromatic rings. The number of carbonyl (C=O) groups excluding carboxylic acids is 1. The molecule has 2 amide bonds. The van der Waals surface area contributed by atoms with Crippen LogP contribution in [0.1, 0.15) is 32.6 Å². The highest BCUT2D eigenvalue weighted by atomic mass is 32.2. The van der Waals surface area contributed by atoms with E-state index in [4.69, 9.17) is 0 Å². The van der Waals surface area contributed by atoms with Crippen LogP contribution in [0.15, 0.2) is 0 Å². The monoisotopic (exact) mass is 260 g/mol. The number of amides is 2. The Labute approximate surface area is 108 Å². The van der Waals surface area contributed by atoms with Crippen LogP contribution in [0.3, 0.4) is 0 Å². The van der Waals surface area contributed by atoms with Crippen LogP contribution in [0.5, 0.6) is 0 Å². The number of nitrogens with zero attached hydrogens (tertiary/aromatic N) is 1. The van der Waals surface area contributed by atoms with Crippen LogP contribution in [0.25, 0.3) is 0 Å². The molecule has 1 fully saturated rings. The summed E-state index contributed by atoms with van der Waals surface area (Å²) in [4.78, 5) is 13.8. The third-order valence-corrected chi connectivity index (χ3v) is 3.88. The fourth-order valence-corrected chi connectivity index (χ4v) is 2.74. The van der Waals surface area contributed by atoms with Crippen LogP contribution in [-0.4, -0.2) is 53.3 Å². The minimum absolute atomic E-state index is 0.0340. The van der Waals surface area contributed by atoms with Gasteiger partial charge in [-0.05, 0) is 26.0 Å². The van der Waals surface area contributed by atoms with Crippen molar-refractivity contribution in [2.75, 3.05) is 31.6 Å². The zero-order chi connectivity index (χ0) is 12.7. The Bertz CT molecular complexity index is 239. The Hall–Kier alpha value is -0.420. The predicted octanol–water partition coefficient (Wildman–Crippen LogP) is 1.69. The Morgan fingerprint density at radius 1 is 1.35 bits per heavy atom. The van der Waals surface area contributed by atoms with Gasteiger partial charge in [-0.1, -0.05) is 12.8 Å². The van der Waals surface area contributed by atoms with Gasteiger partial charge < -0.3 is 15.3 Å². The van der Waals surface area contributed by atoms with Crippen molar-refractivity contribution in [2.24, 2.45) is 0 Å². The summed E-state index contributed by atoms with van der Waals surface area (Å²) in [5.74, 6) is 0.632. The number of carbonyl (C=O) groups is 1. The first-order chi connectivity index (χ1) is 8.05. The molecule has 1 atom stereocenters. The molecule has 4 nitrogen and oxygen atoms in total. The van der Waals surface area contributed by atoms with E-state index in [1.807, 2.05) is 11.2 Å². The standard InChI is InChI=1S/C12H24N2O2S/c1-12(16,10-17-2)9-13-11(15)14-7-5-3-4-6-8-14/h16H,3-10H2,1-2H3,(H,13,15). The van der Waals surface area contributed by atoms with Crippen LogP contribution in [0, 0.1) is 0 Å². The third kappa shape index (κ3) is 5.64. The minimum atomic E-state index is -0.819. The molecule has 2 N–H and O–H groups in total. The predicted molar refractivity (Wildman–Crippen MR) is 72.4 cm³/mol. The van der Waals surface area contributed by atoms with Crippen molar-refractivity contribution in [1.29, 1.82) is 0 Å². The smallest absolute Gasteiger partial charge is 0.317 e. The first kappa shape index (κ1) is 14.6. The van der Waals surface area contributed by atoms with Gasteiger partial charge >= 0.3 is 6.03 Å². The van der Waals surface area contributed by atoms with E-state index in [1.165, 1.54) is 12.8 Å². The number of rotatable bonds is 4. The second-order valence-electron chi connectivity index (χ2n) is 4.99. The highest BCUT2D eigenvalue weighted by Crippen LogP contribution is 2.11. The minimum Gasteiger partial charge on any atom is -0.387 e. The van der Waals surface area contributed by atoms with E-state index in [0.29, 0.717) is 12.3 Å². The first-order valence-electron chi connectivity index (χ1n) is 6.29. The van der Waals surface area contributed by atoms with Gasteiger partial charge in [0.15, 0.2) is 0 Å². The van der Waals surface area contributed by atoms with Crippen molar-refractivity contribution in [1.82, 2.24) is 10.2 Å². The number of hydrogen-bond acceptors (Lipinski definition) is 3. The Morgan fingerprint density at radius 3 is 2.47 bits per heavy atom. The summed E-state index contributed by atoms with van der Waals surface area (Å²) in [6.45, 7) is 3.77. The van der Waals surface area contributed by atoms with Crippen molar-refractivity contribution in [2.45, 2.75) is 38.2 Å². The maximum Gasteiger partial charge on any atom is 0.317 e. The molecule has 0 spiro atoms. The number of aliphatic hydroxyl groups is 1. The molecule has 1 heterocycles. The van der Waals surface area contributed by atoms with E-state index < -0.39 is 5.60 Å². The molecule has 0 aromatic heterocycles.